The van der Waals surface area contributed by atoms with Crippen LogP contribution in [0.1, 0.15) is 24.8 Å². The second-order valence-corrected chi connectivity index (χ2v) is 6.01. The Bertz CT molecular complexity index is 670. The van der Waals surface area contributed by atoms with E-state index in [4.69, 9.17) is 4.74 Å². The number of aromatic nitrogens is 1. The van der Waals surface area contributed by atoms with Crippen LogP contribution in [0.3, 0.4) is 0 Å². The van der Waals surface area contributed by atoms with Gasteiger partial charge < -0.3 is 9.64 Å². The number of hydrogen-bond acceptors (Lipinski definition) is 3. The van der Waals surface area contributed by atoms with Gasteiger partial charge in [-0.1, -0.05) is 6.07 Å². The number of rotatable bonds is 5. The smallest absolute Gasteiger partial charge is 0.222 e. The maximum absolute atomic E-state index is 13.2. The Balaban J connectivity index is 1.43. The highest BCUT2D eigenvalue weighted by Crippen LogP contribution is 2.20. The molecule has 1 aliphatic heterocycles. The van der Waals surface area contributed by atoms with Crippen LogP contribution in [0, 0.1) is 5.82 Å². The van der Waals surface area contributed by atoms with E-state index in [1.54, 1.807) is 24.5 Å². The number of carbonyl (C=O) groups is 1. The topological polar surface area (TPSA) is 42.4 Å². The Morgan fingerprint density at radius 3 is 2.67 bits per heavy atom. The van der Waals surface area contributed by atoms with Crippen LogP contribution in [-0.2, 0) is 11.2 Å². The van der Waals surface area contributed by atoms with Crippen molar-refractivity contribution in [3.8, 4) is 5.75 Å². The summed E-state index contributed by atoms with van der Waals surface area (Å²) in [7, 11) is 0. The predicted octanol–water partition coefficient (Wildman–Crippen LogP) is 3.22. The summed E-state index contributed by atoms with van der Waals surface area (Å²) in [5.74, 6) is 0.435. The Labute approximate surface area is 141 Å². The zero-order valence-corrected chi connectivity index (χ0v) is 13.5. The Kier molecular flexibility index (Phi) is 5.41. The molecule has 0 spiro atoms. The molecule has 0 bridgehead atoms. The van der Waals surface area contributed by atoms with Gasteiger partial charge in [0.15, 0.2) is 0 Å². The highest BCUT2D eigenvalue weighted by Gasteiger charge is 2.23. The molecule has 3 rings (SSSR count). The number of amides is 1. The normalized spacial score (nSPS) is 15.3. The minimum atomic E-state index is -0.295. The van der Waals surface area contributed by atoms with E-state index in [1.807, 2.05) is 17.0 Å². The number of likely N-dealkylation sites (tertiary alicyclic amines) is 1. The lowest BCUT2D eigenvalue weighted by molar-refractivity contribution is -0.132. The molecule has 0 atom stereocenters. The third-order valence-corrected chi connectivity index (χ3v) is 4.27. The number of ether oxygens (including phenoxy) is 1. The molecule has 0 unspecified atom stereocenters. The molecule has 1 saturated heterocycles. The summed E-state index contributed by atoms with van der Waals surface area (Å²) in [6.07, 6.45) is 6.33. The van der Waals surface area contributed by atoms with Crippen molar-refractivity contribution >= 4 is 5.91 Å². The molecule has 1 amide bonds. The van der Waals surface area contributed by atoms with Crippen LogP contribution in [0.15, 0.2) is 48.8 Å². The van der Waals surface area contributed by atoms with E-state index in [0.717, 1.165) is 24.8 Å². The lowest BCUT2D eigenvalue weighted by Crippen LogP contribution is -2.41. The highest BCUT2D eigenvalue weighted by atomic mass is 19.1. The number of carbonyl (C=O) groups excluding carboxylic acids is 1. The van der Waals surface area contributed by atoms with Crippen LogP contribution in [0.2, 0.25) is 0 Å². The first-order chi connectivity index (χ1) is 11.7. The molecule has 4 nitrogen and oxygen atoms in total. The summed E-state index contributed by atoms with van der Waals surface area (Å²) in [5.41, 5.74) is 1.13. The van der Waals surface area contributed by atoms with Crippen molar-refractivity contribution in [1.29, 1.82) is 0 Å². The lowest BCUT2D eigenvalue weighted by Gasteiger charge is -2.32. The fourth-order valence-corrected chi connectivity index (χ4v) is 2.91. The largest absolute Gasteiger partial charge is 0.490 e. The molecule has 0 aliphatic carbocycles. The predicted molar refractivity (Wildman–Crippen MR) is 89.2 cm³/mol. The molecule has 0 saturated carbocycles. The number of aryl methyl sites for hydroxylation is 1. The van der Waals surface area contributed by atoms with Crippen LogP contribution in [0.4, 0.5) is 4.39 Å². The van der Waals surface area contributed by atoms with E-state index >= 15 is 0 Å². The van der Waals surface area contributed by atoms with E-state index < -0.39 is 0 Å². The summed E-state index contributed by atoms with van der Waals surface area (Å²) in [4.78, 5) is 18.2. The summed E-state index contributed by atoms with van der Waals surface area (Å²) in [6.45, 7) is 1.38. The minimum Gasteiger partial charge on any atom is -0.490 e. The first-order valence-electron chi connectivity index (χ1n) is 8.29. The number of nitrogens with zero attached hydrogens (tertiary/aromatic N) is 2. The molecule has 0 radical (unpaired) electrons. The maximum Gasteiger partial charge on any atom is 0.222 e. The molecular formula is C19H21FN2O2. The Morgan fingerprint density at radius 2 is 1.96 bits per heavy atom. The SMILES string of the molecule is O=C(CCc1ccncc1)N1CCC(Oc2cccc(F)c2)CC1. The van der Waals surface area contributed by atoms with Crippen molar-refractivity contribution in [1.82, 2.24) is 9.88 Å². The van der Waals surface area contributed by atoms with Gasteiger partial charge in [-0.05, 0) is 36.2 Å². The standard InChI is InChI=1S/C19H21FN2O2/c20-16-2-1-3-18(14-16)24-17-8-12-22(13-9-17)19(23)5-4-15-6-10-21-11-7-15/h1-3,6-7,10-11,14,17H,4-5,8-9,12-13H2. The molecule has 24 heavy (non-hydrogen) atoms. The first-order valence-corrected chi connectivity index (χ1v) is 8.29. The van der Waals surface area contributed by atoms with Gasteiger partial charge in [0.1, 0.15) is 17.7 Å². The molecule has 0 N–H and O–H groups in total. The molecule has 2 heterocycles. The molecule has 1 fully saturated rings. The van der Waals surface area contributed by atoms with Gasteiger partial charge in [-0.2, -0.15) is 0 Å². The van der Waals surface area contributed by atoms with Gasteiger partial charge in [-0.3, -0.25) is 9.78 Å². The van der Waals surface area contributed by atoms with Gasteiger partial charge in [0.25, 0.3) is 0 Å². The van der Waals surface area contributed by atoms with Crippen molar-refractivity contribution in [3.05, 3.63) is 60.2 Å². The monoisotopic (exact) mass is 328 g/mol. The second kappa shape index (κ2) is 7.90. The minimum absolute atomic E-state index is 0.0380. The molecule has 1 aliphatic rings. The number of benzene rings is 1. The Hall–Kier alpha value is -2.43. The highest BCUT2D eigenvalue weighted by molar-refractivity contribution is 5.76. The van der Waals surface area contributed by atoms with E-state index in [-0.39, 0.29) is 17.8 Å². The van der Waals surface area contributed by atoms with Crippen LogP contribution >= 0.6 is 0 Å². The van der Waals surface area contributed by atoms with Gasteiger partial charge >= 0.3 is 0 Å². The van der Waals surface area contributed by atoms with Crippen LogP contribution in [0.5, 0.6) is 5.75 Å². The zero-order valence-electron chi connectivity index (χ0n) is 13.5. The molecule has 1 aromatic heterocycles. The quantitative estimate of drug-likeness (QED) is 0.846. The number of pyridine rings is 1. The molecule has 126 valence electrons. The Morgan fingerprint density at radius 1 is 1.21 bits per heavy atom. The summed E-state index contributed by atoms with van der Waals surface area (Å²) in [6, 6.07) is 10.1. The number of piperidine rings is 1. The maximum atomic E-state index is 13.2. The van der Waals surface area contributed by atoms with E-state index in [0.29, 0.717) is 25.3 Å². The number of halogens is 1. The molecule has 2 aromatic rings. The zero-order chi connectivity index (χ0) is 16.8. The van der Waals surface area contributed by atoms with E-state index in [9.17, 15) is 9.18 Å². The number of hydrogen-bond donors (Lipinski definition) is 0. The van der Waals surface area contributed by atoms with Crippen LogP contribution in [0.25, 0.3) is 0 Å². The van der Waals surface area contributed by atoms with Crippen LogP contribution in [-0.4, -0.2) is 35.0 Å². The van der Waals surface area contributed by atoms with Crippen molar-refractivity contribution in [3.63, 3.8) is 0 Å². The summed E-state index contributed by atoms with van der Waals surface area (Å²) >= 11 is 0. The lowest BCUT2D eigenvalue weighted by atomic mass is 10.1. The van der Waals surface area contributed by atoms with E-state index in [1.165, 1.54) is 12.1 Å². The average Bonchev–Trinajstić information content (AvgIpc) is 2.61. The van der Waals surface area contributed by atoms with Crippen molar-refractivity contribution in [2.45, 2.75) is 31.8 Å². The summed E-state index contributed by atoms with van der Waals surface area (Å²) in [5, 5.41) is 0. The first kappa shape index (κ1) is 16.4. The third-order valence-electron chi connectivity index (χ3n) is 4.27. The van der Waals surface area contributed by atoms with Gasteiger partial charge in [0, 0.05) is 50.8 Å². The second-order valence-electron chi connectivity index (χ2n) is 6.01. The van der Waals surface area contributed by atoms with Gasteiger partial charge in [0.2, 0.25) is 5.91 Å². The van der Waals surface area contributed by atoms with Crippen molar-refractivity contribution in [2.24, 2.45) is 0 Å². The van der Waals surface area contributed by atoms with E-state index in [2.05, 4.69) is 4.98 Å². The molecular weight excluding hydrogens is 307 g/mol. The fraction of sp³-hybridized carbons (Fsp3) is 0.368. The third kappa shape index (κ3) is 4.54. The summed E-state index contributed by atoms with van der Waals surface area (Å²) < 4.78 is 19.0. The molecule has 5 heteroatoms. The molecule has 1 aromatic carbocycles. The van der Waals surface area contributed by atoms with Gasteiger partial charge in [-0.25, -0.2) is 4.39 Å². The van der Waals surface area contributed by atoms with Gasteiger partial charge in [0.05, 0.1) is 0 Å². The fourth-order valence-electron chi connectivity index (χ4n) is 2.91. The van der Waals surface area contributed by atoms with Crippen molar-refractivity contribution < 1.29 is 13.9 Å². The van der Waals surface area contributed by atoms with Gasteiger partial charge in [-0.15, -0.1) is 0 Å². The van der Waals surface area contributed by atoms with Crippen LogP contribution < -0.4 is 4.74 Å². The average molecular weight is 328 g/mol. The van der Waals surface area contributed by atoms with Crippen molar-refractivity contribution in [2.75, 3.05) is 13.1 Å².